The molecule has 0 heterocycles. The first kappa shape index (κ1) is 15.1. The first-order valence-electron chi connectivity index (χ1n) is 7.18. The van der Waals surface area contributed by atoms with Gasteiger partial charge in [0.2, 0.25) is 0 Å². The Kier molecular flexibility index (Phi) is 5.27. The highest BCUT2D eigenvalue weighted by Crippen LogP contribution is 2.29. The van der Waals surface area contributed by atoms with Crippen LogP contribution in [-0.4, -0.2) is 6.04 Å². The van der Waals surface area contributed by atoms with Crippen molar-refractivity contribution in [1.29, 1.82) is 0 Å². The van der Waals surface area contributed by atoms with Crippen LogP contribution in [0.3, 0.4) is 0 Å². The lowest BCUT2D eigenvalue weighted by Crippen LogP contribution is -2.21. The van der Waals surface area contributed by atoms with Gasteiger partial charge in [-0.2, -0.15) is 0 Å². The molecule has 0 radical (unpaired) electrons. The first-order valence-corrected chi connectivity index (χ1v) is 7.99. The highest BCUT2D eigenvalue weighted by Gasteiger charge is 2.03. The van der Waals surface area contributed by atoms with E-state index < -0.39 is 0 Å². The van der Waals surface area contributed by atoms with Crippen LogP contribution in [0.2, 0.25) is 0 Å². The molecule has 0 amide bonds. The van der Waals surface area contributed by atoms with Gasteiger partial charge in [0, 0.05) is 15.8 Å². The van der Waals surface area contributed by atoms with Crippen LogP contribution in [0.1, 0.15) is 30.0 Å². The summed E-state index contributed by atoms with van der Waals surface area (Å²) >= 11 is 1.81. The third kappa shape index (κ3) is 4.12. The van der Waals surface area contributed by atoms with Crippen molar-refractivity contribution < 1.29 is 0 Å². The standard InChI is InChI=1S/C18H23NS/c1-4-16(19)12-15-6-9-17(10-7-15)20-18-8-5-13(2)14(3)11-18/h5-11,16H,4,12,19H2,1-3H3. The lowest BCUT2D eigenvalue weighted by Gasteiger charge is -2.09. The fraction of sp³-hybridized carbons (Fsp3) is 0.333. The van der Waals surface area contributed by atoms with Crippen LogP contribution in [-0.2, 0) is 6.42 Å². The van der Waals surface area contributed by atoms with Gasteiger partial charge >= 0.3 is 0 Å². The SMILES string of the molecule is CCC(N)Cc1ccc(Sc2ccc(C)c(C)c2)cc1. The van der Waals surface area contributed by atoms with Crippen LogP contribution in [0.15, 0.2) is 52.3 Å². The number of benzene rings is 2. The van der Waals surface area contributed by atoms with E-state index in [1.54, 1.807) is 0 Å². The fourth-order valence-electron chi connectivity index (χ4n) is 2.05. The zero-order chi connectivity index (χ0) is 14.5. The Morgan fingerprint density at radius 2 is 1.60 bits per heavy atom. The molecular formula is C18H23NS. The fourth-order valence-corrected chi connectivity index (χ4v) is 2.97. The minimum absolute atomic E-state index is 0.272. The van der Waals surface area contributed by atoms with Crippen molar-refractivity contribution in [2.45, 2.75) is 49.4 Å². The number of hydrogen-bond acceptors (Lipinski definition) is 2. The van der Waals surface area contributed by atoms with E-state index in [1.165, 1.54) is 26.5 Å². The second-order valence-electron chi connectivity index (χ2n) is 5.36. The van der Waals surface area contributed by atoms with Crippen LogP contribution in [0.4, 0.5) is 0 Å². The Labute approximate surface area is 126 Å². The third-order valence-corrected chi connectivity index (χ3v) is 4.66. The van der Waals surface area contributed by atoms with Gasteiger partial charge in [-0.15, -0.1) is 0 Å². The molecule has 0 fully saturated rings. The molecule has 2 N–H and O–H groups in total. The molecule has 2 heteroatoms. The van der Waals surface area contributed by atoms with Gasteiger partial charge in [0.1, 0.15) is 0 Å². The van der Waals surface area contributed by atoms with E-state index in [1.807, 2.05) is 11.8 Å². The zero-order valence-electron chi connectivity index (χ0n) is 12.5. The smallest absolute Gasteiger partial charge is 0.0125 e. The molecule has 0 aliphatic rings. The van der Waals surface area contributed by atoms with E-state index in [2.05, 4.69) is 63.2 Å². The molecule has 1 atom stereocenters. The summed E-state index contributed by atoms with van der Waals surface area (Å²) < 4.78 is 0. The molecule has 0 aliphatic carbocycles. The minimum atomic E-state index is 0.272. The number of nitrogens with two attached hydrogens (primary N) is 1. The van der Waals surface area contributed by atoms with Crippen molar-refractivity contribution in [3.05, 3.63) is 59.2 Å². The molecule has 0 bridgehead atoms. The predicted molar refractivity (Wildman–Crippen MR) is 88.5 cm³/mol. The van der Waals surface area contributed by atoms with Gasteiger partial charge < -0.3 is 5.73 Å². The summed E-state index contributed by atoms with van der Waals surface area (Å²) in [4.78, 5) is 2.58. The average molecular weight is 285 g/mol. The van der Waals surface area contributed by atoms with Gasteiger partial charge in [0.25, 0.3) is 0 Å². The van der Waals surface area contributed by atoms with Gasteiger partial charge in [-0.25, -0.2) is 0 Å². The normalized spacial score (nSPS) is 12.4. The maximum absolute atomic E-state index is 5.99. The Morgan fingerprint density at radius 1 is 0.950 bits per heavy atom. The number of aryl methyl sites for hydroxylation is 2. The summed E-state index contributed by atoms with van der Waals surface area (Å²) in [5.74, 6) is 0. The van der Waals surface area contributed by atoms with E-state index in [4.69, 9.17) is 5.73 Å². The van der Waals surface area contributed by atoms with Crippen molar-refractivity contribution in [1.82, 2.24) is 0 Å². The first-order chi connectivity index (χ1) is 9.58. The van der Waals surface area contributed by atoms with Gasteiger partial charge in [-0.1, -0.05) is 36.9 Å². The molecule has 0 spiro atoms. The highest BCUT2D eigenvalue weighted by molar-refractivity contribution is 7.99. The molecule has 20 heavy (non-hydrogen) atoms. The zero-order valence-corrected chi connectivity index (χ0v) is 13.3. The predicted octanol–water partition coefficient (Wildman–Crippen LogP) is 4.73. The van der Waals surface area contributed by atoms with Crippen molar-refractivity contribution in [3.8, 4) is 0 Å². The van der Waals surface area contributed by atoms with Crippen molar-refractivity contribution >= 4 is 11.8 Å². The van der Waals surface area contributed by atoms with Crippen molar-refractivity contribution in [3.63, 3.8) is 0 Å². The molecule has 0 aliphatic heterocycles. The van der Waals surface area contributed by atoms with Crippen molar-refractivity contribution in [2.24, 2.45) is 5.73 Å². The van der Waals surface area contributed by atoms with E-state index in [0.717, 1.165) is 12.8 Å². The van der Waals surface area contributed by atoms with Crippen molar-refractivity contribution in [2.75, 3.05) is 0 Å². The van der Waals surface area contributed by atoms with Crippen LogP contribution in [0, 0.1) is 13.8 Å². The summed E-state index contributed by atoms with van der Waals surface area (Å²) in [5.41, 5.74) is 10.0. The van der Waals surface area contributed by atoms with Crippen LogP contribution < -0.4 is 5.73 Å². The average Bonchev–Trinajstić information content (AvgIpc) is 2.45. The molecular weight excluding hydrogens is 262 g/mol. The summed E-state index contributed by atoms with van der Waals surface area (Å²) in [5, 5.41) is 0. The van der Waals surface area contributed by atoms with Crippen LogP contribution in [0.5, 0.6) is 0 Å². The number of hydrogen-bond donors (Lipinski definition) is 1. The van der Waals surface area contributed by atoms with E-state index in [-0.39, 0.29) is 6.04 Å². The Balaban J connectivity index is 2.04. The lowest BCUT2D eigenvalue weighted by molar-refractivity contribution is 0.646. The molecule has 2 aromatic carbocycles. The van der Waals surface area contributed by atoms with E-state index in [0.29, 0.717) is 0 Å². The van der Waals surface area contributed by atoms with Crippen LogP contribution in [0.25, 0.3) is 0 Å². The molecule has 0 saturated carbocycles. The Morgan fingerprint density at radius 3 is 2.20 bits per heavy atom. The second kappa shape index (κ2) is 6.96. The largest absolute Gasteiger partial charge is 0.327 e. The van der Waals surface area contributed by atoms with Gasteiger partial charge in [0.15, 0.2) is 0 Å². The highest BCUT2D eigenvalue weighted by atomic mass is 32.2. The monoisotopic (exact) mass is 285 g/mol. The maximum Gasteiger partial charge on any atom is 0.0125 e. The summed E-state index contributed by atoms with van der Waals surface area (Å²) in [6.07, 6.45) is 1.99. The second-order valence-corrected chi connectivity index (χ2v) is 6.51. The molecule has 0 aromatic heterocycles. The van der Waals surface area contributed by atoms with Gasteiger partial charge in [-0.05, 0) is 67.6 Å². The topological polar surface area (TPSA) is 26.0 Å². The lowest BCUT2D eigenvalue weighted by atomic mass is 10.1. The molecule has 1 unspecified atom stereocenters. The minimum Gasteiger partial charge on any atom is -0.327 e. The molecule has 106 valence electrons. The summed E-state index contributed by atoms with van der Waals surface area (Å²) in [7, 11) is 0. The quantitative estimate of drug-likeness (QED) is 0.859. The maximum atomic E-state index is 5.99. The summed E-state index contributed by atoms with van der Waals surface area (Å²) in [6.45, 7) is 6.44. The van der Waals surface area contributed by atoms with Gasteiger partial charge in [-0.3, -0.25) is 0 Å². The number of rotatable bonds is 5. The Bertz CT molecular complexity index is 560. The molecule has 2 rings (SSSR count). The van der Waals surface area contributed by atoms with E-state index >= 15 is 0 Å². The van der Waals surface area contributed by atoms with E-state index in [9.17, 15) is 0 Å². The molecule has 2 aromatic rings. The summed E-state index contributed by atoms with van der Waals surface area (Å²) in [6, 6.07) is 15.7. The van der Waals surface area contributed by atoms with Crippen LogP contribution >= 0.6 is 11.8 Å². The molecule has 0 saturated heterocycles. The van der Waals surface area contributed by atoms with Gasteiger partial charge in [0.05, 0.1) is 0 Å². The third-order valence-electron chi connectivity index (χ3n) is 3.66. The molecule has 1 nitrogen and oxygen atoms in total. The Hall–Kier alpha value is -1.25.